The average Bonchev–Trinajstić information content (AvgIpc) is 2.12. The number of rotatable bonds is 0. The highest BCUT2D eigenvalue weighted by atomic mass is 35.5. The largest absolute Gasteiger partial charge is 0.302 e. The van der Waals surface area contributed by atoms with E-state index in [1.807, 2.05) is 6.07 Å². The highest BCUT2D eigenvalue weighted by molar-refractivity contribution is 6.31. The Morgan fingerprint density at radius 2 is 2.15 bits per heavy atom. The first-order valence-corrected chi connectivity index (χ1v) is 5.01. The molecule has 1 aromatic rings. The predicted octanol–water partition coefficient (Wildman–Crippen LogP) is 2.64. The number of fused-ring (bicyclic) bond motifs is 1. The summed E-state index contributed by atoms with van der Waals surface area (Å²) in [6, 6.07) is 4.18. The minimum absolute atomic E-state index is 0.897. The van der Waals surface area contributed by atoms with Crippen molar-refractivity contribution in [1.82, 2.24) is 4.90 Å². The third-order valence-electron chi connectivity index (χ3n) is 2.82. The lowest BCUT2D eigenvalue weighted by Gasteiger charge is -2.26. The fourth-order valence-electron chi connectivity index (χ4n) is 1.90. The van der Waals surface area contributed by atoms with Gasteiger partial charge in [0.15, 0.2) is 0 Å². The van der Waals surface area contributed by atoms with Crippen molar-refractivity contribution >= 4 is 11.6 Å². The molecule has 0 spiro atoms. The third-order valence-corrected chi connectivity index (χ3v) is 3.23. The van der Waals surface area contributed by atoms with Gasteiger partial charge >= 0.3 is 0 Å². The van der Waals surface area contributed by atoms with Gasteiger partial charge in [-0.3, -0.25) is 0 Å². The molecule has 0 unspecified atom stereocenters. The van der Waals surface area contributed by atoms with Gasteiger partial charge in [0.2, 0.25) is 0 Å². The topological polar surface area (TPSA) is 3.24 Å². The molecule has 0 bridgehead atoms. The summed E-state index contributed by atoms with van der Waals surface area (Å²) in [4.78, 5) is 2.34. The Balaban J connectivity index is 2.48. The first kappa shape index (κ1) is 9.04. The van der Waals surface area contributed by atoms with Crippen LogP contribution in [0.2, 0.25) is 5.02 Å². The smallest absolute Gasteiger partial charge is 0.0438 e. The molecule has 0 atom stereocenters. The van der Waals surface area contributed by atoms with Crippen LogP contribution >= 0.6 is 11.6 Å². The Kier molecular flexibility index (Phi) is 2.31. The van der Waals surface area contributed by atoms with Crippen molar-refractivity contribution in [2.45, 2.75) is 19.9 Å². The van der Waals surface area contributed by atoms with Gasteiger partial charge in [-0.05, 0) is 43.1 Å². The molecule has 2 heteroatoms. The molecule has 1 nitrogen and oxygen atoms in total. The SMILES string of the molecule is Cc1c(Cl)ccc2c1CN(C)CC2. The van der Waals surface area contributed by atoms with Crippen LogP contribution in [0, 0.1) is 6.92 Å². The van der Waals surface area contributed by atoms with Crippen LogP contribution in [-0.2, 0) is 13.0 Å². The van der Waals surface area contributed by atoms with Crippen LogP contribution in [0.25, 0.3) is 0 Å². The van der Waals surface area contributed by atoms with Gasteiger partial charge in [-0.2, -0.15) is 0 Å². The van der Waals surface area contributed by atoms with E-state index in [4.69, 9.17) is 11.6 Å². The molecule has 0 aromatic heterocycles. The van der Waals surface area contributed by atoms with Crippen molar-refractivity contribution in [2.75, 3.05) is 13.6 Å². The summed E-state index contributed by atoms with van der Waals surface area (Å²) in [5, 5.41) is 0.897. The monoisotopic (exact) mass is 195 g/mol. The van der Waals surface area contributed by atoms with Crippen LogP contribution in [0.4, 0.5) is 0 Å². The number of hydrogen-bond donors (Lipinski definition) is 0. The molecule has 2 rings (SSSR count). The Morgan fingerprint density at radius 3 is 2.92 bits per heavy atom. The van der Waals surface area contributed by atoms with E-state index in [2.05, 4.69) is 24.9 Å². The fourth-order valence-corrected chi connectivity index (χ4v) is 2.08. The van der Waals surface area contributed by atoms with Gasteiger partial charge in [0.1, 0.15) is 0 Å². The standard InChI is InChI=1S/C11H14ClN/c1-8-10-7-13(2)6-5-9(10)3-4-11(8)12/h3-4H,5-7H2,1-2H3. The number of benzene rings is 1. The lowest BCUT2D eigenvalue weighted by molar-refractivity contribution is 0.312. The zero-order valence-corrected chi connectivity index (χ0v) is 8.86. The molecular weight excluding hydrogens is 182 g/mol. The third kappa shape index (κ3) is 1.59. The van der Waals surface area contributed by atoms with Crippen molar-refractivity contribution in [3.63, 3.8) is 0 Å². The van der Waals surface area contributed by atoms with Crippen LogP contribution in [0.3, 0.4) is 0 Å². The quantitative estimate of drug-likeness (QED) is 0.615. The maximum absolute atomic E-state index is 6.07. The molecule has 0 radical (unpaired) electrons. The fraction of sp³-hybridized carbons (Fsp3) is 0.455. The highest BCUT2D eigenvalue weighted by Crippen LogP contribution is 2.26. The molecule has 0 aliphatic carbocycles. The normalized spacial score (nSPS) is 17.2. The van der Waals surface area contributed by atoms with Crippen LogP contribution in [0.5, 0.6) is 0 Å². The van der Waals surface area contributed by atoms with Gasteiger partial charge in [-0.15, -0.1) is 0 Å². The molecule has 0 N–H and O–H groups in total. The Labute approximate surface area is 84.3 Å². The van der Waals surface area contributed by atoms with Gasteiger partial charge < -0.3 is 4.90 Å². The zero-order valence-electron chi connectivity index (χ0n) is 8.10. The maximum atomic E-state index is 6.07. The Bertz CT molecular complexity index is 333. The van der Waals surface area contributed by atoms with E-state index in [9.17, 15) is 0 Å². The van der Waals surface area contributed by atoms with Crippen molar-refractivity contribution in [1.29, 1.82) is 0 Å². The van der Waals surface area contributed by atoms with Crippen LogP contribution in [0.1, 0.15) is 16.7 Å². The van der Waals surface area contributed by atoms with Gasteiger partial charge in [0.25, 0.3) is 0 Å². The predicted molar refractivity (Wildman–Crippen MR) is 56.2 cm³/mol. The molecule has 0 amide bonds. The molecule has 70 valence electrons. The summed E-state index contributed by atoms with van der Waals surface area (Å²) in [6.45, 7) is 4.32. The minimum Gasteiger partial charge on any atom is -0.302 e. The van der Waals surface area contributed by atoms with Crippen LogP contribution < -0.4 is 0 Å². The lowest BCUT2D eigenvalue weighted by atomic mass is 9.96. The molecule has 0 fully saturated rings. The van der Waals surface area contributed by atoms with E-state index in [1.165, 1.54) is 16.7 Å². The van der Waals surface area contributed by atoms with Crippen molar-refractivity contribution in [3.05, 3.63) is 33.8 Å². The van der Waals surface area contributed by atoms with Gasteiger partial charge in [0.05, 0.1) is 0 Å². The van der Waals surface area contributed by atoms with Crippen molar-refractivity contribution in [3.8, 4) is 0 Å². The Hall–Kier alpha value is -0.530. The Morgan fingerprint density at radius 1 is 1.38 bits per heavy atom. The van der Waals surface area contributed by atoms with Gasteiger partial charge in [-0.1, -0.05) is 17.7 Å². The molecule has 1 aliphatic heterocycles. The summed E-state index contributed by atoms with van der Waals surface area (Å²) < 4.78 is 0. The van der Waals surface area contributed by atoms with E-state index in [-0.39, 0.29) is 0 Å². The van der Waals surface area contributed by atoms with Crippen LogP contribution in [0.15, 0.2) is 12.1 Å². The second kappa shape index (κ2) is 3.32. The first-order valence-electron chi connectivity index (χ1n) is 4.64. The number of likely N-dealkylation sites (N-methyl/N-ethyl adjacent to an activating group) is 1. The highest BCUT2D eigenvalue weighted by Gasteiger charge is 2.15. The zero-order chi connectivity index (χ0) is 9.42. The van der Waals surface area contributed by atoms with Crippen molar-refractivity contribution in [2.24, 2.45) is 0 Å². The summed E-state index contributed by atoms with van der Waals surface area (Å²) in [7, 11) is 2.16. The second-order valence-electron chi connectivity index (χ2n) is 3.80. The molecule has 1 heterocycles. The number of nitrogens with zero attached hydrogens (tertiary/aromatic N) is 1. The molecule has 0 saturated carbocycles. The van der Waals surface area contributed by atoms with Gasteiger partial charge in [-0.25, -0.2) is 0 Å². The lowest BCUT2D eigenvalue weighted by Crippen LogP contribution is -2.27. The minimum atomic E-state index is 0.897. The maximum Gasteiger partial charge on any atom is 0.0438 e. The van der Waals surface area contributed by atoms with Crippen molar-refractivity contribution < 1.29 is 0 Å². The van der Waals surface area contributed by atoms with E-state index >= 15 is 0 Å². The average molecular weight is 196 g/mol. The molecule has 1 aliphatic rings. The molecule has 1 aromatic carbocycles. The molecule has 0 saturated heterocycles. The van der Waals surface area contributed by atoms with Gasteiger partial charge in [0, 0.05) is 18.1 Å². The number of hydrogen-bond acceptors (Lipinski definition) is 1. The summed E-state index contributed by atoms with van der Waals surface area (Å²) in [6.07, 6.45) is 1.16. The van der Waals surface area contributed by atoms with E-state index in [0.717, 1.165) is 24.5 Å². The van der Waals surface area contributed by atoms with E-state index in [0.29, 0.717) is 0 Å². The van der Waals surface area contributed by atoms with E-state index in [1.54, 1.807) is 0 Å². The summed E-state index contributed by atoms with van der Waals surface area (Å²) in [5.41, 5.74) is 4.16. The second-order valence-corrected chi connectivity index (χ2v) is 4.21. The van der Waals surface area contributed by atoms with Crippen LogP contribution in [-0.4, -0.2) is 18.5 Å². The van der Waals surface area contributed by atoms with E-state index < -0.39 is 0 Å². The summed E-state index contributed by atoms with van der Waals surface area (Å²) in [5.74, 6) is 0. The first-order chi connectivity index (χ1) is 6.18. The summed E-state index contributed by atoms with van der Waals surface area (Å²) >= 11 is 6.07. The molecular formula is C11H14ClN. The molecule has 13 heavy (non-hydrogen) atoms. The number of halogens is 1.